The highest BCUT2D eigenvalue weighted by Gasteiger charge is 2.30. The number of aryl methyl sites for hydroxylation is 1. The van der Waals surface area contributed by atoms with Crippen molar-refractivity contribution >= 4 is 6.09 Å². The number of ether oxygens (including phenoxy) is 1. The lowest BCUT2D eigenvalue weighted by Gasteiger charge is -2.36. The van der Waals surface area contributed by atoms with Crippen LogP contribution < -0.4 is 0 Å². The van der Waals surface area contributed by atoms with E-state index in [1.54, 1.807) is 0 Å². The number of piperidine rings is 1. The third-order valence-electron chi connectivity index (χ3n) is 4.47. The predicted octanol–water partition coefficient (Wildman–Crippen LogP) is 5.02. The zero-order chi connectivity index (χ0) is 16.9. The lowest BCUT2D eigenvalue weighted by atomic mass is 9.92. The van der Waals surface area contributed by atoms with Gasteiger partial charge in [0.1, 0.15) is 6.61 Å². The monoisotopic (exact) mass is 321 g/mol. The molecule has 124 valence electrons. The van der Waals surface area contributed by atoms with Gasteiger partial charge in [-0.05, 0) is 30.9 Å². The summed E-state index contributed by atoms with van der Waals surface area (Å²) in [5, 5.41) is 0. The van der Waals surface area contributed by atoms with Crippen molar-refractivity contribution in [3.05, 3.63) is 83.4 Å². The Morgan fingerprint density at radius 2 is 1.88 bits per heavy atom. The minimum Gasteiger partial charge on any atom is -0.445 e. The number of carbonyl (C=O) groups excluding carboxylic acids is 1. The van der Waals surface area contributed by atoms with Crippen molar-refractivity contribution in [2.45, 2.75) is 32.4 Å². The zero-order valence-corrected chi connectivity index (χ0v) is 14.1. The van der Waals surface area contributed by atoms with Crippen molar-refractivity contribution in [2.75, 3.05) is 6.54 Å². The van der Waals surface area contributed by atoms with Crippen LogP contribution in [0.3, 0.4) is 0 Å². The van der Waals surface area contributed by atoms with E-state index in [-0.39, 0.29) is 12.1 Å². The SMILES string of the molecule is C=C1CCN(C(=O)OCc2ccccc2)C(c2ccc(C)cc2)C1. The molecule has 3 heteroatoms. The van der Waals surface area contributed by atoms with Crippen molar-refractivity contribution in [1.82, 2.24) is 4.90 Å². The van der Waals surface area contributed by atoms with Crippen molar-refractivity contribution in [3.63, 3.8) is 0 Å². The second kappa shape index (κ2) is 7.35. The number of nitrogens with zero attached hydrogens (tertiary/aromatic N) is 1. The Balaban J connectivity index is 1.72. The summed E-state index contributed by atoms with van der Waals surface area (Å²) >= 11 is 0. The standard InChI is InChI=1S/C21H23NO2/c1-16-8-10-19(11-9-16)20-14-17(2)12-13-22(20)21(23)24-15-18-6-4-3-5-7-18/h3-11,20H,2,12-15H2,1H3. The van der Waals surface area contributed by atoms with E-state index in [9.17, 15) is 4.79 Å². The third kappa shape index (κ3) is 3.85. The van der Waals surface area contributed by atoms with Crippen LogP contribution in [0.15, 0.2) is 66.7 Å². The van der Waals surface area contributed by atoms with Crippen LogP contribution in [0.25, 0.3) is 0 Å². The summed E-state index contributed by atoms with van der Waals surface area (Å²) in [4.78, 5) is 14.4. The Morgan fingerprint density at radius 1 is 1.17 bits per heavy atom. The highest BCUT2D eigenvalue weighted by atomic mass is 16.6. The number of amides is 1. The van der Waals surface area contributed by atoms with Gasteiger partial charge in [0, 0.05) is 6.54 Å². The van der Waals surface area contributed by atoms with Crippen LogP contribution in [0.1, 0.15) is 35.6 Å². The smallest absolute Gasteiger partial charge is 0.410 e. The Bertz CT molecular complexity index is 706. The van der Waals surface area contributed by atoms with E-state index in [1.165, 1.54) is 11.1 Å². The van der Waals surface area contributed by atoms with Crippen molar-refractivity contribution in [1.29, 1.82) is 0 Å². The van der Waals surface area contributed by atoms with Crippen molar-refractivity contribution in [3.8, 4) is 0 Å². The van der Waals surface area contributed by atoms with E-state index in [1.807, 2.05) is 35.2 Å². The molecule has 0 radical (unpaired) electrons. The quantitative estimate of drug-likeness (QED) is 0.742. The van der Waals surface area contributed by atoms with Gasteiger partial charge in [0.15, 0.2) is 0 Å². The summed E-state index contributed by atoms with van der Waals surface area (Å²) in [5.74, 6) is 0. The first-order chi connectivity index (χ1) is 11.6. The van der Waals surface area contributed by atoms with Gasteiger partial charge in [-0.15, -0.1) is 0 Å². The first-order valence-electron chi connectivity index (χ1n) is 8.34. The molecule has 2 aromatic carbocycles. The fourth-order valence-electron chi connectivity index (χ4n) is 3.03. The molecule has 0 bridgehead atoms. The molecule has 0 spiro atoms. The maximum atomic E-state index is 12.6. The molecule has 3 nitrogen and oxygen atoms in total. The molecule has 3 rings (SSSR count). The molecular formula is C21H23NO2. The first-order valence-corrected chi connectivity index (χ1v) is 8.34. The largest absolute Gasteiger partial charge is 0.445 e. The topological polar surface area (TPSA) is 29.5 Å². The minimum atomic E-state index is -0.253. The van der Waals surface area contributed by atoms with Crippen LogP contribution in [0.2, 0.25) is 0 Å². The first kappa shape index (κ1) is 16.3. The van der Waals surface area contributed by atoms with Crippen LogP contribution in [-0.4, -0.2) is 17.5 Å². The molecule has 1 atom stereocenters. The van der Waals surface area contributed by atoms with E-state index in [2.05, 4.69) is 37.8 Å². The Morgan fingerprint density at radius 3 is 2.58 bits per heavy atom. The molecule has 1 amide bonds. The molecule has 0 aliphatic carbocycles. The minimum absolute atomic E-state index is 0.00937. The van der Waals surface area contributed by atoms with E-state index in [0.717, 1.165) is 24.0 Å². The molecule has 0 aromatic heterocycles. The van der Waals surface area contributed by atoms with Gasteiger partial charge in [-0.1, -0.05) is 72.3 Å². The lowest BCUT2D eigenvalue weighted by Crippen LogP contribution is -2.39. The number of likely N-dealkylation sites (tertiary alicyclic amines) is 1. The Hall–Kier alpha value is -2.55. The van der Waals surface area contributed by atoms with E-state index in [4.69, 9.17) is 4.74 Å². The van der Waals surface area contributed by atoms with E-state index >= 15 is 0 Å². The molecule has 24 heavy (non-hydrogen) atoms. The summed E-state index contributed by atoms with van der Waals surface area (Å²) < 4.78 is 5.54. The zero-order valence-electron chi connectivity index (χ0n) is 14.1. The van der Waals surface area contributed by atoms with Crippen LogP contribution >= 0.6 is 0 Å². The normalized spacial score (nSPS) is 17.6. The van der Waals surface area contributed by atoms with Crippen molar-refractivity contribution in [2.24, 2.45) is 0 Å². The summed E-state index contributed by atoms with van der Waals surface area (Å²) in [5.41, 5.74) is 4.54. The number of rotatable bonds is 3. The lowest BCUT2D eigenvalue weighted by molar-refractivity contribution is 0.0747. The molecular weight excluding hydrogens is 298 g/mol. The second-order valence-electron chi connectivity index (χ2n) is 6.36. The average Bonchev–Trinajstić information content (AvgIpc) is 2.61. The van der Waals surface area contributed by atoms with Crippen molar-refractivity contribution < 1.29 is 9.53 Å². The molecule has 1 unspecified atom stereocenters. The fourth-order valence-corrected chi connectivity index (χ4v) is 3.03. The molecule has 1 heterocycles. The van der Waals surface area contributed by atoms with Crippen LogP contribution in [-0.2, 0) is 11.3 Å². The van der Waals surface area contributed by atoms with Gasteiger partial charge < -0.3 is 9.64 Å². The molecule has 1 fully saturated rings. The third-order valence-corrected chi connectivity index (χ3v) is 4.47. The molecule has 1 aliphatic heterocycles. The summed E-state index contributed by atoms with van der Waals surface area (Å²) in [6.07, 6.45) is 1.38. The summed E-state index contributed by atoms with van der Waals surface area (Å²) in [6, 6.07) is 18.1. The fraction of sp³-hybridized carbons (Fsp3) is 0.286. The predicted molar refractivity (Wildman–Crippen MR) is 95.6 cm³/mol. The summed E-state index contributed by atoms with van der Waals surface area (Å²) in [7, 11) is 0. The molecule has 1 aliphatic rings. The van der Waals surface area contributed by atoms with Gasteiger partial charge in [-0.2, -0.15) is 0 Å². The van der Waals surface area contributed by atoms with Gasteiger partial charge in [0.2, 0.25) is 0 Å². The number of hydrogen-bond donors (Lipinski definition) is 0. The maximum Gasteiger partial charge on any atom is 0.410 e. The Kier molecular flexibility index (Phi) is 4.99. The van der Waals surface area contributed by atoms with Gasteiger partial charge in [0.05, 0.1) is 6.04 Å². The van der Waals surface area contributed by atoms with Gasteiger partial charge in [0.25, 0.3) is 0 Å². The highest BCUT2D eigenvalue weighted by Crippen LogP contribution is 2.33. The van der Waals surface area contributed by atoms with Crippen LogP contribution in [0, 0.1) is 6.92 Å². The average molecular weight is 321 g/mol. The highest BCUT2D eigenvalue weighted by molar-refractivity contribution is 5.69. The van der Waals surface area contributed by atoms with Gasteiger partial charge in [-0.3, -0.25) is 0 Å². The molecule has 0 saturated carbocycles. The van der Waals surface area contributed by atoms with E-state index in [0.29, 0.717) is 13.2 Å². The van der Waals surface area contributed by atoms with E-state index < -0.39 is 0 Å². The van der Waals surface area contributed by atoms with Gasteiger partial charge in [-0.25, -0.2) is 4.79 Å². The summed E-state index contributed by atoms with van der Waals surface area (Å²) in [6.45, 7) is 7.14. The maximum absolute atomic E-state index is 12.6. The second-order valence-corrected chi connectivity index (χ2v) is 6.36. The molecule has 1 saturated heterocycles. The molecule has 2 aromatic rings. The Labute approximate surface area is 143 Å². The van der Waals surface area contributed by atoms with Crippen LogP contribution in [0.4, 0.5) is 4.79 Å². The van der Waals surface area contributed by atoms with Gasteiger partial charge >= 0.3 is 6.09 Å². The number of hydrogen-bond acceptors (Lipinski definition) is 2. The number of benzene rings is 2. The molecule has 0 N–H and O–H groups in total. The van der Waals surface area contributed by atoms with Crippen LogP contribution in [0.5, 0.6) is 0 Å². The number of carbonyl (C=O) groups is 1.